The number of aliphatic hydroxyl groups is 6. The van der Waals surface area contributed by atoms with Gasteiger partial charge >= 0.3 is 6.09 Å². The Kier molecular flexibility index (Phi) is 10.6. The predicted octanol–water partition coefficient (Wildman–Crippen LogP) is -3.04. The van der Waals surface area contributed by atoms with Crippen LogP contribution in [0.4, 0.5) is 4.79 Å². The zero-order chi connectivity index (χ0) is 25.3. The molecule has 1 saturated heterocycles. The first-order chi connectivity index (χ1) is 16.2. The summed E-state index contributed by atoms with van der Waals surface area (Å²) in [5.41, 5.74) is 0.704. The summed E-state index contributed by atoms with van der Waals surface area (Å²) in [5.74, 6) is -2.69. The highest BCUT2D eigenvalue weighted by atomic mass is 16.7. The van der Waals surface area contributed by atoms with Gasteiger partial charge in [-0.1, -0.05) is 30.3 Å². The molecule has 2 amide bonds. The van der Waals surface area contributed by atoms with E-state index >= 15 is 0 Å². The van der Waals surface area contributed by atoms with Crippen LogP contribution in [-0.4, -0.2) is 112 Å². The van der Waals surface area contributed by atoms with Crippen molar-refractivity contribution in [1.29, 1.82) is 0 Å². The number of carbonyl (C=O) groups excluding carboxylic acids is 2. The molecule has 1 aliphatic rings. The number of nitrogens with one attached hydrogen (secondary N) is 2. The van der Waals surface area contributed by atoms with Gasteiger partial charge in [-0.2, -0.15) is 0 Å². The molecule has 0 spiro atoms. The second-order valence-corrected chi connectivity index (χ2v) is 7.84. The Hall–Kier alpha value is -2.36. The van der Waals surface area contributed by atoms with Crippen molar-refractivity contribution >= 4 is 12.0 Å². The number of amides is 2. The molecule has 1 aromatic carbocycles. The van der Waals surface area contributed by atoms with E-state index in [1.54, 1.807) is 30.3 Å². The Morgan fingerprint density at radius 1 is 1.18 bits per heavy atom. The summed E-state index contributed by atoms with van der Waals surface area (Å²) in [6.45, 7) is -2.46. The molecule has 2 rings (SSSR count). The van der Waals surface area contributed by atoms with E-state index in [2.05, 4.69) is 10.6 Å². The van der Waals surface area contributed by atoms with Gasteiger partial charge in [0, 0.05) is 13.5 Å². The van der Waals surface area contributed by atoms with Crippen molar-refractivity contribution in [2.75, 3.05) is 26.9 Å². The lowest BCUT2D eigenvalue weighted by atomic mass is 9.88. The molecular formula is C21H32N2O11. The minimum absolute atomic E-state index is 0.0742. The largest absolute Gasteiger partial charge is 0.445 e. The number of carbonyl (C=O) groups is 2. The highest BCUT2D eigenvalue weighted by Crippen LogP contribution is 2.32. The first kappa shape index (κ1) is 27.9. The van der Waals surface area contributed by atoms with E-state index in [0.717, 1.165) is 0 Å². The number of hydrogen-bond donors (Lipinski definition) is 8. The third kappa shape index (κ3) is 7.07. The van der Waals surface area contributed by atoms with E-state index in [-0.39, 0.29) is 13.0 Å². The zero-order valence-corrected chi connectivity index (χ0v) is 18.6. The molecule has 1 heterocycles. The summed E-state index contributed by atoms with van der Waals surface area (Å²) >= 11 is 0. The van der Waals surface area contributed by atoms with E-state index in [1.807, 2.05) is 0 Å². The second-order valence-electron chi connectivity index (χ2n) is 7.84. The number of hydrogen-bond acceptors (Lipinski definition) is 11. The fourth-order valence-corrected chi connectivity index (χ4v) is 3.49. The summed E-state index contributed by atoms with van der Waals surface area (Å²) in [4.78, 5) is 24.8. The van der Waals surface area contributed by atoms with Crippen molar-refractivity contribution in [3.63, 3.8) is 0 Å². The van der Waals surface area contributed by atoms with Gasteiger partial charge in [0.1, 0.15) is 31.0 Å². The number of alkyl carbamates (subject to hydrolysis) is 1. The molecule has 0 bridgehead atoms. The van der Waals surface area contributed by atoms with Gasteiger partial charge in [0.25, 0.3) is 0 Å². The number of ether oxygens (including phenoxy) is 3. The van der Waals surface area contributed by atoms with Gasteiger partial charge in [0.2, 0.25) is 5.91 Å². The van der Waals surface area contributed by atoms with Crippen molar-refractivity contribution in [1.82, 2.24) is 10.6 Å². The van der Waals surface area contributed by atoms with Crippen molar-refractivity contribution in [3.05, 3.63) is 35.9 Å². The maximum Gasteiger partial charge on any atom is 0.408 e. The summed E-state index contributed by atoms with van der Waals surface area (Å²) in [7, 11) is 1.19. The Morgan fingerprint density at radius 3 is 2.41 bits per heavy atom. The molecular weight excluding hydrogens is 456 g/mol. The molecule has 13 heteroatoms. The Bertz CT molecular complexity index is 777. The highest BCUT2D eigenvalue weighted by molar-refractivity contribution is 5.86. The van der Waals surface area contributed by atoms with Crippen LogP contribution in [0.15, 0.2) is 30.3 Å². The van der Waals surface area contributed by atoms with Crippen LogP contribution in [0.5, 0.6) is 0 Å². The number of benzene rings is 1. The van der Waals surface area contributed by atoms with Crippen LogP contribution >= 0.6 is 0 Å². The summed E-state index contributed by atoms with van der Waals surface area (Å²) in [6.07, 6.45) is -7.79. The van der Waals surface area contributed by atoms with Gasteiger partial charge in [-0.3, -0.25) is 4.79 Å². The SMILES string of the molecule is CO[C@@]1(CO)C[C@H](O)[C@@H](NC(=O)[C@H](CO)NC(=O)OCc2ccccc2)[C@H]([C@H](O)[C@H](O)CO)O1. The molecule has 0 aliphatic carbocycles. The number of aliphatic hydroxyl groups excluding tert-OH is 6. The van der Waals surface area contributed by atoms with Gasteiger partial charge in [-0.15, -0.1) is 0 Å². The maximum atomic E-state index is 12.7. The van der Waals surface area contributed by atoms with Gasteiger partial charge in [-0.05, 0) is 5.56 Å². The molecule has 7 atom stereocenters. The van der Waals surface area contributed by atoms with E-state index in [1.165, 1.54) is 7.11 Å². The lowest BCUT2D eigenvalue weighted by Crippen LogP contribution is -2.68. The van der Waals surface area contributed by atoms with E-state index in [9.17, 15) is 40.2 Å². The molecule has 0 aromatic heterocycles. The third-order valence-corrected chi connectivity index (χ3v) is 5.48. The third-order valence-electron chi connectivity index (χ3n) is 5.48. The Labute approximate surface area is 195 Å². The fraction of sp³-hybridized carbons (Fsp3) is 0.619. The van der Waals surface area contributed by atoms with Crippen LogP contribution in [0.1, 0.15) is 12.0 Å². The smallest absolute Gasteiger partial charge is 0.408 e. The Balaban J connectivity index is 2.08. The van der Waals surface area contributed by atoms with Crippen LogP contribution in [0.25, 0.3) is 0 Å². The topological polar surface area (TPSA) is 207 Å². The average molecular weight is 488 g/mol. The molecule has 1 fully saturated rings. The summed E-state index contributed by atoms with van der Waals surface area (Å²) in [6, 6.07) is 5.91. The minimum Gasteiger partial charge on any atom is -0.445 e. The molecule has 0 saturated carbocycles. The quantitative estimate of drug-likeness (QED) is 0.157. The second kappa shape index (κ2) is 12.9. The molecule has 192 valence electrons. The standard InChI is InChI=1S/C21H32N2O11/c1-32-21(11-26)7-14(27)16(18(34-21)17(29)15(28)9-25)23-19(30)13(8-24)22-20(31)33-10-12-5-3-2-4-6-12/h2-6,13-18,24-29H,7-11H2,1H3,(H,22,31)(H,23,30)/t13-,14-,15+,16+,17+,18+,21-/m0/s1. The fourth-order valence-electron chi connectivity index (χ4n) is 3.49. The molecule has 1 aromatic rings. The molecule has 1 aliphatic heterocycles. The minimum atomic E-state index is -1.80. The highest BCUT2D eigenvalue weighted by Gasteiger charge is 2.51. The van der Waals surface area contributed by atoms with Gasteiger partial charge in [0.15, 0.2) is 5.79 Å². The monoisotopic (exact) mass is 488 g/mol. The van der Waals surface area contributed by atoms with Crippen LogP contribution in [0, 0.1) is 0 Å². The van der Waals surface area contributed by atoms with E-state index in [4.69, 9.17) is 14.2 Å². The van der Waals surface area contributed by atoms with Gasteiger partial charge in [-0.25, -0.2) is 4.79 Å². The van der Waals surface area contributed by atoms with E-state index in [0.29, 0.717) is 5.56 Å². The van der Waals surface area contributed by atoms with E-state index < -0.39 is 74.1 Å². The predicted molar refractivity (Wildman–Crippen MR) is 114 cm³/mol. The first-order valence-corrected chi connectivity index (χ1v) is 10.6. The van der Waals surface area contributed by atoms with Crippen LogP contribution < -0.4 is 10.6 Å². The van der Waals surface area contributed by atoms with Crippen molar-refractivity contribution in [2.45, 2.75) is 55.3 Å². The summed E-state index contributed by atoms with van der Waals surface area (Å²) < 4.78 is 15.7. The number of rotatable bonds is 11. The molecule has 0 radical (unpaired) electrons. The zero-order valence-electron chi connectivity index (χ0n) is 18.6. The lowest BCUT2D eigenvalue weighted by molar-refractivity contribution is -0.322. The number of methoxy groups -OCH3 is 1. The van der Waals surface area contributed by atoms with Crippen molar-refractivity contribution < 1.29 is 54.4 Å². The van der Waals surface area contributed by atoms with Gasteiger partial charge in [0.05, 0.1) is 32.0 Å². The normalized spacial score (nSPS) is 27.3. The molecule has 13 nitrogen and oxygen atoms in total. The van der Waals surface area contributed by atoms with Crippen LogP contribution in [0.3, 0.4) is 0 Å². The first-order valence-electron chi connectivity index (χ1n) is 10.6. The lowest BCUT2D eigenvalue weighted by Gasteiger charge is -2.47. The summed E-state index contributed by atoms with van der Waals surface area (Å²) in [5, 5.41) is 63.9. The molecule has 34 heavy (non-hydrogen) atoms. The maximum absolute atomic E-state index is 12.7. The van der Waals surface area contributed by atoms with Gasteiger partial charge < -0.3 is 55.5 Å². The molecule has 8 N–H and O–H groups in total. The molecule has 0 unspecified atom stereocenters. The van der Waals surface area contributed by atoms with Crippen molar-refractivity contribution in [3.8, 4) is 0 Å². The average Bonchev–Trinajstić information content (AvgIpc) is 2.86. The van der Waals surface area contributed by atoms with Crippen molar-refractivity contribution in [2.24, 2.45) is 0 Å². The van der Waals surface area contributed by atoms with Crippen LogP contribution in [0.2, 0.25) is 0 Å². The van der Waals surface area contributed by atoms with Crippen LogP contribution in [-0.2, 0) is 25.6 Å². The Morgan fingerprint density at radius 2 is 1.85 bits per heavy atom.